The van der Waals surface area contributed by atoms with E-state index < -0.39 is 0 Å². The summed E-state index contributed by atoms with van der Waals surface area (Å²) in [7, 11) is 0. The first kappa shape index (κ1) is 13.7. The molecule has 0 saturated carbocycles. The maximum absolute atomic E-state index is 5.77. The van der Waals surface area contributed by atoms with E-state index in [-0.39, 0.29) is 0 Å². The zero-order valence-corrected chi connectivity index (χ0v) is 12.2. The predicted octanol–water partition coefficient (Wildman–Crippen LogP) is 3.38. The summed E-state index contributed by atoms with van der Waals surface area (Å²) in [6, 6.07) is 14.3. The molecule has 0 aliphatic rings. The van der Waals surface area contributed by atoms with Gasteiger partial charge >= 0.3 is 0 Å². The molecule has 4 nitrogen and oxygen atoms in total. The maximum atomic E-state index is 5.77. The molecule has 0 fully saturated rings. The Kier molecular flexibility index (Phi) is 4.21. The van der Waals surface area contributed by atoms with Gasteiger partial charge in [-0.1, -0.05) is 42.1 Å². The average Bonchev–Trinajstić information content (AvgIpc) is 2.53. The molecular formula is C16H15N3OS. The standard InChI is InChI=1S/C16H15N3OS/c17-15-16(19-8-7-18-15)21-10-9-20-14-6-5-12-3-1-2-4-13(12)11-14/h1-8,11H,9-10H2,(H2,17,18). The molecule has 0 radical (unpaired) electrons. The van der Waals surface area contributed by atoms with Crippen LogP contribution in [0.15, 0.2) is 59.9 Å². The van der Waals surface area contributed by atoms with E-state index in [4.69, 9.17) is 10.5 Å². The normalized spacial score (nSPS) is 10.7. The molecule has 0 unspecified atom stereocenters. The fraction of sp³-hybridized carbons (Fsp3) is 0.125. The SMILES string of the molecule is Nc1nccnc1SCCOc1ccc2ccccc2c1. The summed E-state index contributed by atoms with van der Waals surface area (Å²) in [5, 5.41) is 3.15. The monoisotopic (exact) mass is 297 g/mol. The van der Waals surface area contributed by atoms with Crippen molar-refractivity contribution in [1.29, 1.82) is 0 Å². The van der Waals surface area contributed by atoms with Crippen molar-refractivity contribution in [2.45, 2.75) is 5.03 Å². The number of fused-ring (bicyclic) bond motifs is 1. The number of benzene rings is 2. The molecule has 0 bridgehead atoms. The summed E-state index contributed by atoms with van der Waals surface area (Å²) in [6.45, 7) is 0.596. The molecule has 3 rings (SSSR count). The number of hydrogen-bond acceptors (Lipinski definition) is 5. The molecule has 3 aromatic rings. The zero-order valence-electron chi connectivity index (χ0n) is 11.4. The van der Waals surface area contributed by atoms with Gasteiger partial charge in [0.2, 0.25) is 0 Å². The summed E-state index contributed by atoms with van der Waals surface area (Å²) >= 11 is 1.55. The van der Waals surface area contributed by atoms with E-state index in [1.165, 1.54) is 10.8 Å². The van der Waals surface area contributed by atoms with Gasteiger partial charge in [-0.3, -0.25) is 0 Å². The van der Waals surface area contributed by atoms with E-state index >= 15 is 0 Å². The van der Waals surface area contributed by atoms with Gasteiger partial charge in [-0.2, -0.15) is 0 Å². The van der Waals surface area contributed by atoms with Crippen LogP contribution in [0.4, 0.5) is 5.82 Å². The number of thioether (sulfide) groups is 1. The molecule has 21 heavy (non-hydrogen) atoms. The highest BCUT2D eigenvalue weighted by atomic mass is 32.2. The first-order valence-electron chi connectivity index (χ1n) is 6.64. The molecule has 5 heteroatoms. The second-order valence-electron chi connectivity index (χ2n) is 4.45. The summed E-state index contributed by atoms with van der Waals surface area (Å²) in [6.07, 6.45) is 3.23. The van der Waals surface area contributed by atoms with Crippen LogP contribution in [0.25, 0.3) is 10.8 Å². The Morgan fingerprint density at radius 3 is 2.67 bits per heavy atom. The van der Waals surface area contributed by atoms with E-state index in [0.29, 0.717) is 12.4 Å². The Morgan fingerprint density at radius 1 is 1.00 bits per heavy atom. The van der Waals surface area contributed by atoms with Crippen molar-refractivity contribution in [3.63, 3.8) is 0 Å². The Bertz CT molecular complexity index is 748. The first-order valence-corrected chi connectivity index (χ1v) is 7.62. The molecular weight excluding hydrogens is 282 g/mol. The molecule has 0 aliphatic carbocycles. The van der Waals surface area contributed by atoms with E-state index in [2.05, 4.69) is 34.2 Å². The number of nitrogen functional groups attached to an aromatic ring is 1. The molecule has 0 amide bonds. The largest absolute Gasteiger partial charge is 0.493 e. The van der Waals surface area contributed by atoms with Gasteiger partial charge < -0.3 is 10.5 Å². The fourth-order valence-electron chi connectivity index (χ4n) is 2.00. The Morgan fingerprint density at radius 2 is 1.81 bits per heavy atom. The average molecular weight is 297 g/mol. The van der Waals surface area contributed by atoms with Gasteiger partial charge in [0.15, 0.2) is 5.82 Å². The second-order valence-corrected chi connectivity index (χ2v) is 5.54. The number of anilines is 1. The van der Waals surface area contributed by atoms with Crippen molar-refractivity contribution in [3.8, 4) is 5.75 Å². The zero-order chi connectivity index (χ0) is 14.5. The van der Waals surface area contributed by atoms with Crippen LogP contribution in [-0.4, -0.2) is 22.3 Å². The number of nitrogens with two attached hydrogens (primary N) is 1. The third-order valence-corrected chi connectivity index (χ3v) is 3.96. The lowest BCUT2D eigenvalue weighted by atomic mass is 10.1. The number of hydrogen-bond donors (Lipinski definition) is 1. The van der Waals surface area contributed by atoms with Gasteiger partial charge in [-0.15, -0.1) is 0 Å². The lowest BCUT2D eigenvalue weighted by Crippen LogP contribution is -2.02. The quantitative estimate of drug-likeness (QED) is 0.578. The van der Waals surface area contributed by atoms with Gasteiger partial charge in [0.1, 0.15) is 10.8 Å². The van der Waals surface area contributed by atoms with Crippen LogP contribution in [-0.2, 0) is 0 Å². The molecule has 106 valence electrons. The molecule has 1 heterocycles. The number of nitrogens with zero attached hydrogens (tertiary/aromatic N) is 2. The van der Waals surface area contributed by atoms with Crippen molar-refractivity contribution >= 4 is 28.4 Å². The fourth-order valence-corrected chi connectivity index (χ4v) is 2.70. The Labute approximate surface area is 127 Å². The van der Waals surface area contributed by atoms with Crippen LogP contribution in [0.3, 0.4) is 0 Å². The van der Waals surface area contributed by atoms with Crippen molar-refractivity contribution in [2.24, 2.45) is 0 Å². The van der Waals surface area contributed by atoms with Crippen LogP contribution in [0.1, 0.15) is 0 Å². The van der Waals surface area contributed by atoms with E-state index in [9.17, 15) is 0 Å². The predicted molar refractivity (Wildman–Crippen MR) is 86.6 cm³/mol. The van der Waals surface area contributed by atoms with Crippen LogP contribution >= 0.6 is 11.8 Å². The van der Waals surface area contributed by atoms with Crippen LogP contribution in [0.2, 0.25) is 0 Å². The Hall–Kier alpha value is -2.27. The van der Waals surface area contributed by atoms with Crippen molar-refractivity contribution in [2.75, 3.05) is 18.1 Å². The number of ether oxygens (including phenoxy) is 1. The summed E-state index contributed by atoms with van der Waals surface area (Å²) in [5.41, 5.74) is 5.74. The third-order valence-electron chi connectivity index (χ3n) is 3.00. The summed E-state index contributed by atoms with van der Waals surface area (Å²) < 4.78 is 5.77. The van der Waals surface area contributed by atoms with Crippen molar-refractivity contribution in [3.05, 3.63) is 54.9 Å². The third kappa shape index (κ3) is 3.44. The van der Waals surface area contributed by atoms with Gasteiger partial charge in [0.05, 0.1) is 6.61 Å². The lowest BCUT2D eigenvalue weighted by Gasteiger charge is -2.07. The minimum Gasteiger partial charge on any atom is -0.493 e. The minimum absolute atomic E-state index is 0.466. The molecule has 0 spiro atoms. The molecule has 2 N–H and O–H groups in total. The Balaban J connectivity index is 1.56. The lowest BCUT2D eigenvalue weighted by molar-refractivity contribution is 0.344. The highest BCUT2D eigenvalue weighted by Crippen LogP contribution is 2.22. The highest BCUT2D eigenvalue weighted by Gasteiger charge is 2.02. The number of aromatic nitrogens is 2. The first-order chi connectivity index (χ1) is 10.3. The maximum Gasteiger partial charge on any atom is 0.156 e. The van der Waals surface area contributed by atoms with Gasteiger partial charge in [-0.25, -0.2) is 9.97 Å². The smallest absolute Gasteiger partial charge is 0.156 e. The van der Waals surface area contributed by atoms with Crippen LogP contribution < -0.4 is 10.5 Å². The van der Waals surface area contributed by atoms with E-state index in [1.807, 2.05) is 18.2 Å². The van der Waals surface area contributed by atoms with Gasteiger partial charge in [0.25, 0.3) is 0 Å². The second kappa shape index (κ2) is 6.45. The minimum atomic E-state index is 0.466. The molecule has 0 saturated heterocycles. The molecule has 0 aliphatic heterocycles. The van der Waals surface area contributed by atoms with E-state index in [1.54, 1.807) is 24.2 Å². The molecule has 1 aromatic heterocycles. The van der Waals surface area contributed by atoms with Crippen LogP contribution in [0.5, 0.6) is 5.75 Å². The van der Waals surface area contributed by atoms with Crippen LogP contribution in [0, 0.1) is 0 Å². The van der Waals surface area contributed by atoms with Crippen molar-refractivity contribution < 1.29 is 4.74 Å². The van der Waals surface area contributed by atoms with Crippen molar-refractivity contribution in [1.82, 2.24) is 9.97 Å². The summed E-state index contributed by atoms with van der Waals surface area (Å²) in [4.78, 5) is 8.19. The summed E-state index contributed by atoms with van der Waals surface area (Å²) in [5.74, 6) is 2.12. The van der Waals surface area contributed by atoms with E-state index in [0.717, 1.165) is 16.5 Å². The van der Waals surface area contributed by atoms with Gasteiger partial charge in [0, 0.05) is 18.1 Å². The highest BCUT2D eigenvalue weighted by molar-refractivity contribution is 7.99. The molecule has 2 aromatic carbocycles. The topological polar surface area (TPSA) is 61.0 Å². The molecule has 0 atom stereocenters. The van der Waals surface area contributed by atoms with Gasteiger partial charge in [-0.05, 0) is 22.9 Å². The number of rotatable bonds is 5.